The molecular formula is C16H16N2O2S. The van der Waals surface area contributed by atoms with Crippen molar-refractivity contribution in [1.29, 1.82) is 0 Å². The van der Waals surface area contributed by atoms with E-state index in [0.717, 1.165) is 21.9 Å². The maximum atomic E-state index is 11.9. The lowest BCUT2D eigenvalue weighted by Crippen LogP contribution is -2.09. The number of hydrogen-bond acceptors (Lipinski definition) is 4. The highest BCUT2D eigenvalue weighted by molar-refractivity contribution is 7.13. The van der Waals surface area contributed by atoms with Gasteiger partial charge in [0.05, 0.1) is 23.6 Å². The molecule has 0 fully saturated rings. The molecule has 0 aromatic carbocycles. The standard InChI is InChI=1S/C16H16N2O2S/c1-3-20-15(19)9-12-16(13-8-11(2)10-21-13)17-14-6-4-5-7-18(12)14/h4-8,10H,3,9H2,1-2H3. The van der Waals surface area contributed by atoms with Gasteiger partial charge in [-0.25, -0.2) is 4.98 Å². The zero-order valence-corrected chi connectivity index (χ0v) is 12.8. The Morgan fingerprint density at radius 3 is 3.00 bits per heavy atom. The Hall–Kier alpha value is -2.14. The number of hydrogen-bond donors (Lipinski definition) is 0. The van der Waals surface area contributed by atoms with E-state index < -0.39 is 0 Å². The quantitative estimate of drug-likeness (QED) is 0.693. The second kappa shape index (κ2) is 5.69. The lowest BCUT2D eigenvalue weighted by molar-refractivity contribution is -0.142. The highest BCUT2D eigenvalue weighted by Gasteiger charge is 2.18. The van der Waals surface area contributed by atoms with E-state index >= 15 is 0 Å². The van der Waals surface area contributed by atoms with Crippen LogP contribution in [-0.2, 0) is 16.0 Å². The largest absolute Gasteiger partial charge is 0.466 e. The molecule has 0 aliphatic carbocycles. The molecule has 0 radical (unpaired) electrons. The Kier molecular flexibility index (Phi) is 3.75. The summed E-state index contributed by atoms with van der Waals surface area (Å²) in [5.41, 5.74) is 3.80. The van der Waals surface area contributed by atoms with Crippen LogP contribution < -0.4 is 0 Å². The first-order valence-corrected chi connectivity index (χ1v) is 7.74. The number of aromatic nitrogens is 2. The molecule has 0 atom stereocenters. The maximum absolute atomic E-state index is 11.9. The number of rotatable bonds is 4. The van der Waals surface area contributed by atoms with Crippen LogP contribution in [0.4, 0.5) is 0 Å². The molecule has 3 heterocycles. The van der Waals surface area contributed by atoms with Gasteiger partial charge in [-0.15, -0.1) is 11.3 Å². The molecule has 3 aromatic rings. The average Bonchev–Trinajstić information content (AvgIpc) is 3.04. The minimum Gasteiger partial charge on any atom is -0.466 e. The van der Waals surface area contributed by atoms with Crippen molar-refractivity contribution >= 4 is 23.0 Å². The second-order valence-electron chi connectivity index (χ2n) is 4.81. The summed E-state index contributed by atoms with van der Waals surface area (Å²) in [5, 5.41) is 2.09. The van der Waals surface area contributed by atoms with Gasteiger partial charge in [-0.05, 0) is 43.0 Å². The van der Waals surface area contributed by atoms with Crippen LogP contribution in [0.25, 0.3) is 16.2 Å². The summed E-state index contributed by atoms with van der Waals surface area (Å²) >= 11 is 1.64. The number of esters is 1. The molecule has 0 aliphatic rings. The summed E-state index contributed by atoms with van der Waals surface area (Å²) in [6.07, 6.45) is 2.16. The van der Waals surface area contributed by atoms with Crippen LogP contribution in [0.5, 0.6) is 0 Å². The number of thiophene rings is 1. The molecule has 3 rings (SSSR count). The summed E-state index contributed by atoms with van der Waals surface area (Å²) in [6.45, 7) is 4.26. The molecule has 0 amide bonds. The maximum Gasteiger partial charge on any atom is 0.311 e. The number of imidazole rings is 1. The van der Waals surface area contributed by atoms with Crippen molar-refractivity contribution in [2.75, 3.05) is 6.61 Å². The highest BCUT2D eigenvalue weighted by atomic mass is 32.1. The molecular weight excluding hydrogens is 284 g/mol. The Bertz CT molecular complexity index is 789. The summed E-state index contributed by atoms with van der Waals surface area (Å²) in [7, 11) is 0. The van der Waals surface area contributed by atoms with Crippen LogP contribution >= 0.6 is 11.3 Å². The van der Waals surface area contributed by atoms with Gasteiger partial charge >= 0.3 is 5.97 Å². The lowest BCUT2D eigenvalue weighted by atomic mass is 10.2. The van der Waals surface area contributed by atoms with Crippen LogP contribution in [0.15, 0.2) is 35.8 Å². The average molecular weight is 300 g/mol. The Morgan fingerprint density at radius 1 is 1.43 bits per heavy atom. The van der Waals surface area contributed by atoms with Crippen LogP contribution in [0.1, 0.15) is 18.2 Å². The van der Waals surface area contributed by atoms with Crippen molar-refractivity contribution in [3.8, 4) is 10.6 Å². The van der Waals surface area contributed by atoms with E-state index in [1.807, 2.05) is 35.7 Å². The predicted octanol–water partition coefficient (Wildman–Crippen LogP) is 3.48. The summed E-state index contributed by atoms with van der Waals surface area (Å²) in [6, 6.07) is 7.92. The smallest absolute Gasteiger partial charge is 0.311 e. The molecule has 0 aliphatic heterocycles. The molecule has 5 heteroatoms. The molecule has 21 heavy (non-hydrogen) atoms. The first-order chi connectivity index (χ1) is 10.2. The van der Waals surface area contributed by atoms with Gasteiger partial charge in [0.2, 0.25) is 0 Å². The number of carbonyl (C=O) groups is 1. The number of nitrogens with zero attached hydrogens (tertiary/aromatic N) is 2. The fourth-order valence-corrected chi connectivity index (χ4v) is 3.23. The molecule has 0 spiro atoms. The summed E-state index contributed by atoms with van der Waals surface area (Å²) in [5.74, 6) is -0.224. The Morgan fingerprint density at radius 2 is 2.29 bits per heavy atom. The predicted molar refractivity (Wildman–Crippen MR) is 83.6 cm³/mol. The molecule has 0 unspecified atom stereocenters. The van der Waals surface area contributed by atoms with E-state index in [1.54, 1.807) is 11.3 Å². The van der Waals surface area contributed by atoms with Crippen LogP contribution in [0.2, 0.25) is 0 Å². The second-order valence-corrected chi connectivity index (χ2v) is 5.72. The van der Waals surface area contributed by atoms with Gasteiger partial charge in [0, 0.05) is 6.20 Å². The van der Waals surface area contributed by atoms with E-state index in [2.05, 4.69) is 23.4 Å². The number of aryl methyl sites for hydroxylation is 1. The van der Waals surface area contributed by atoms with E-state index in [0.29, 0.717) is 6.61 Å². The number of fused-ring (bicyclic) bond motifs is 1. The van der Waals surface area contributed by atoms with Crippen LogP contribution in [-0.4, -0.2) is 22.0 Å². The van der Waals surface area contributed by atoms with Crippen molar-refractivity contribution in [1.82, 2.24) is 9.38 Å². The van der Waals surface area contributed by atoms with E-state index in [-0.39, 0.29) is 12.4 Å². The number of carbonyl (C=O) groups excluding carboxylic acids is 1. The van der Waals surface area contributed by atoms with Gasteiger partial charge in [0.1, 0.15) is 11.3 Å². The Labute approximate surface area is 127 Å². The molecule has 0 bridgehead atoms. The van der Waals surface area contributed by atoms with Gasteiger partial charge < -0.3 is 9.14 Å². The van der Waals surface area contributed by atoms with E-state index in [1.165, 1.54) is 5.56 Å². The van der Waals surface area contributed by atoms with Gasteiger partial charge in [0.25, 0.3) is 0 Å². The minimum absolute atomic E-state index is 0.224. The zero-order chi connectivity index (χ0) is 14.8. The zero-order valence-electron chi connectivity index (χ0n) is 12.0. The van der Waals surface area contributed by atoms with Gasteiger partial charge in [0.15, 0.2) is 0 Å². The third-order valence-corrected chi connectivity index (χ3v) is 4.26. The van der Waals surface area contributed by atoms with Crippen molar-refractivity contribution in [3.05, 3.63) is 47.1 Å². The summed E-state index contributed by atoms with van der Waals surface area (Å²) < 4.78 is 7.04. The monoisotopic (exact) mass is 300 g/mol. The fraction of sp³-hybridized carbons (Fsp3) is 0.250. The molecule has 3 aromatic heterocycles. The first-order valence-electron chi connectivity index (χ1n) is 6.86. The summed E-state index contributed by atoms with van der Waals surface area (Å²) in [4.78, 5) is 17.6. The number of ether oxygens (including phenoxy) is 1. The van der Waals surface area contributed by atoms with Crippen molar-refractivity contribution in [2.45, 2.75) is 20.3 Å². The third-order valence-electron chi connectivity index (χ3n) is 3.21. The first kappa shape index (κ1) is 13.8. The number of pyridine rings is 1. The van der Waals surface area contributed by atoms with Crippen LogP contribution in [0, 0.1) is 6.92 Å². The van der Waals surface area contributed by atoms with Crippen LogP contribution in [0.3, 0.4) is 0 Å². The third kappa shape index (κ3) is 2.69. The topological polar surface area (TPSA) is 43.6 Å². The van der Waals surface area contributed by atoms with Gasteiger partial charge in [-0.1, -0.05) is 6.07 Å². The molecule has 0 saturated heterocycles. The molecule has 0 saturated carbocycles. The molecule has 0 N–H and O–H groups in total. The molecule has 108 valence electrons. The SMILES string of the molecule is CCOC(=O)Cc1c(-c2cc(C)cs2)nc2ccccn12. The molecule has 4 nitrogen and oxygen atoms in total. The van der Waals surface area contributed by atoms with Gasteiger partial charge in [-0.3, -0.25) is 4.79 Å². The van der Waals surface area contributed by atoms with Crippen molar-refractivity contribution in [3.63, 3.8) is 0 Å². The van der Waals surface area contributed by atoms with Crippen molar-refractivity contribution < 1.29 is 9.53 Å². The minimum atomic E-state index is -0.224. The fourth-order valence-electron chi connectivity index (χ4n) is 2.32. The highest BCUT2D eigenvalue weighted by Crippen LogP contribution is 2.30. The van der Waals surface area contributed by atoms with E-state index in [9.17, 15) is 4.79 Å². The lowest BCUT2D eigenvalue weighted by Gasteiger charge is -2.04. The normalized spacial score (nSPS) is 11.0. The van der Waals surface area contributed by atoms with E-state index in [4.69, 9.17) is 4.74 Å². The Balaban J connectivity index is 2.12. The van der Waals surface area contributed by atoms with Gasteiger partial charge in [-0.2, -0.15) is 0 Å². The van der Waals surface area contributed by atoms with Crippen molar-refractivity contribution in [2.24, 2.45) is 0 Å².